The molecule has 0 aromatic carbocycles. The normalized spacial score (nSPS) is 35.1. The van der Waals surface area contributed by atoms with Crippen LogP contribution in [0.4, 0.5) is 0 Å². The van der Waals surface area contributed by atoms with Crippen molar-refractivity contribution in [2.75, 3.05) is 39.8 Å². The molecule has 0 radical (unpaired) electrons. The molecule has 4 rings (SSSR count). The van der Waals surface area contributed by atoms with E-state index >= 15 is 0 Å². The Labute approximate surface area is 166 Å². The predicted molar refractivity (Wildman–Crippen MR) is 99.4 cm³/mol. The molecule has 3 saturated heterocycles. The van der Waals surface area contributed by atoms with Gasteiger partial charge < -0.3 is 29.5 Å². The van der Waals surface area contributed by atoms with E-state index in [1.165, 1.54) is 13.1 Å². The zero-order valence-electron chi connectivity index (χ0n) is 16.4. The summed E-state index contributed by atoms with van der Waals surface area (Å²) in [5, 5.41) is 20.9. The second kappa shape index (κ2) is 7.33. The lowest BCUT2D eigenvalue weighted by Crippen LogP contribution is -2.51. The maximum Gasteiger partial charge on any atom is 0.330 e. The van der Waals surface area contributed by atoms with Crippen molar-refractivity contribution in [1.29, 1.82) is 0 Å². The van der Waals surface area contributed by atoms with Crippen molar-refractivity contribution >= 4 is 5.91 Å². The van der Waals surface area contributed by atoms with Crippen LogP contribution >= 0.6 is 0 Å². The quantitative estimate of drug-likeness (QED) is 0.493. The first kappa shape index (κ1) is 20.2. The van der Waals surface area contributed by atoms with E-state index in [0.29, 0.717) is 13.1 Å². The molecule has 1 aromatic rings. The van der Waals surface area contributed by atoms with Crippen LogP contribution in [0.5, 0.6) is 0 Å². The molecule has 3 N–H and O–H groups in total. The van der Waals surface area contributed by atoms with Crippen molar-refractivity contribution in [1.82, 2.24) is 19.4 Å². The fourth-order valence-electron chi connectivity index (χ4n) is 4.31. The number of piperazine rings is 1. The molecule has 1 aromatic heterocycles. The van der Waals surface area contributed by atoms with Crippen molar-refractivity contribution < 1.29 is 24.5 Å². The Balaban J connectivity index is 1.61. The van der Waals surface area contributed by atoms with Crippen LogP contribution in [0.15, 0.2) is 15.8 Å². The minimum absolute atomic E-state index is 0.0400. The van der Waals surface area contributed by atoms with Crippen LogP contribution in [-0.4, -0.2) is 99.2 Å². The monoisotopic (exact) mass is 410 g/mol. The number of nitrogens with zero attached hydrogens (tertiary/aromatic N) is 3. The van der Waals surface area contributed by atoms with Crippen molar-refractivity contribution in [3.63, 3.8) is 0 Å². The molecule has 1 amide bonds. The van der Waals surface area contributed by atoms with Gasteiger partial charge in [-0.25, -0.2) is 4.79 Å². The van der Waals surface area contributed by atoms with Gasteiger partial charge in [-0.05, 0) is 14.0 Å². The minimum Gasteiger partial charge on any atom is -0.394 e. The highest BCUT2D eigenvalue weighted by atomic mass is 16.6. The molecule has 0 unspecified atom stereocenters. The molecule has 160 valence electrons. The van der Waals surface area contributed by atoms with E-state index in [-0.39, 0.29) is 17.9 Å². The van der Waals surface area contributed by atoms with Gasteiger partial charge in [0, 0.05) is 44.4 Å². The first-order valence-electron chi connectivity index (χ1n) is 9.68. The summed E-state index contributed by atoms with van der Waals surface area (Å²) in [6, 6.07) is 0. The lowest BCUT2D eigenvalue weighted by atomic mass is 9.89. The van der Waals surface area contributed by atoms with Gasteiger partial charge in [0.1, 0.15) is 23.9 Å². The van der Waals surface area contributed by atoms with Gasteiger partial charge in [0.05, 0.1) is 6.61 Å². The highest BCUT2D eigenvalue weighted by Crippen LogP contribution is 2.47. The van der Waals surface area contributed by atoms with Gasteiger partial charge in [0.25, 0.3) is 11.5 Å². The largest absolute Gasteiger partial charge is 0.394 e. The topological polar surface area (TPSA) is 137 Å². The summed E-state index contributed by atoms with van der Waals surface area (Å²) < 4.78 is 12.8. The Morgan fingerprint density at radius 2 is 1.97 bits per heavy atom. The van der Waals surface area contributed by atoms with E-state index in [0.717, 1.165) is 17.7 Å². The Morgan fingerprint density at radius 1 is 1.28 bits per heavy atom. The maximum atomic E-state index is 12.9. The van der Waals surface area contributed by atoms with E-state index < -0.39 is 48.0 Å². The number of aliphatic hydroxyl groups excluding tert-OH is 1. The summed E-state index contributed by atoms with van der Waals surface area (Å²) in [7, 11) is 1.98. The SMILES string of the molecule is Cc1cn([C@@H]2O[C@H](CO)[C@]3(O)C[C@H](C(=O)N4CCN(C)CC4)O[C@H]23)c(=O)[nH]c1=O. The van der Waals surface area contributed by atoms with Gasteiger partial charge in [-0.1, -0.05) is 0 Å². The van der Waals surface area contributed by atoms with E-state index in [1.54, 1.807) is 4.90 Å². The number of nitrogens with one attached hydrogen (secondary N) is 1. The molecule has 3 aliphatic rings. The molecular weight excluding hydrogens is 384 g/mol. The van der Waals surface area contributed by atoms with Gasteiger partial charge in [-0.15, -0.1) is 0 Å². The fraction of sp³-hybridized carbons (Fsp3) is 0.722. The van der Waals surface area contributed by atoms with Crippen LogP contribution < -0.4 is 11.2 Å². The summed E-state index contributed by atoms with van der Waals surface area (Å²) in [5.74, 6) is -0.221. The smallest absolute Gasteiger partial charge is 0.330 e. The molecule has 4 heterocycles. The number of rotatable bonds is 3. The molecular formula is C18H26N4O7. The lowest BCUT2D eigenvalue weighted by molar-refractivity contribution is -0.150. The summed E-state index contributed by atoms with van der Waals surface area (Å²) in [6.07, 6.45) is -2.75. The Bertz CT molecular complexity index is 906. The number of hydrogen-bond acceptors (Lipinski definition) is 8. The summed E-state index contributed by atoms with van der Waals surface area (Å²) in [6.45, 7) is 3.68. The number of H-pyrrole nitrogens is 1. The molecule has 3 aliphatic heterocycles. The van der Waals surface area contributed by atoms with Crippen LogP contribution in [0, 0.1) is 6.92 Å². The van der Waals surface area contributed by atoms with Crippen LogP contribution in [0.25, 0.3) is 0 Å². The molecule has 0 bridgehead atoms. The average Bonchev–Trinajstić information content (AvgIpc) is 3.16. The molecule has 0 spiro atoms. The second-order valence-electron chi connectivity index (χ2n) is 8.05. The third kappa shape index (κ3) is 3.32. The molecule has 11 nitrogen and oxygen atoms in total. The molecule has 29 heavy (non-hydrogen) atoms. The van der Waals surface area contributed by atoms with Crippen molar-refractivity contribution in [3.05, 3.63) is 32.6 Å². The predicted octanol–water partition coefficient (Wildman–Crippen LogP) is -2.60. The number of aryl methyl sites for hydroxylation is 1. The Kier molecular flexibility index (Phi) is 5.11. The van der Waals surface area contributed by atoms with Crippen LogP contribution in [0.2, 0.25) is 0 Å². The zero-order valence-corrected chi connectivity index (χ0v) is 16.4. The van der Waals surface area contributed by atoms with Gasteiger partial charge in [0.15, 0.2) is 6.23 Å². The highest BCUT2D eigenvalue weighted by Gasteiger charge is 2.64. The number of amides is 1. The summed E-state index contributed by atoms with van der Waals surface area (Å²) in [5.41, 5.74) is -2.58. The number of likely N-dealkylation sites (N-methyl/N-ethyl adjacent to an activating group) is 1. The first-order valence-corrected chi connectivity index (χ1v) is 9.68. The number of aliphatic hydroxyl groups is 2. The van der Waals surface area contributed by atoms with E-state index in [9.17, 15) is 24.6 Å². The van der Waals surface area contributed by atoms with Gasteiger partial charge in [-0.2, -0.15) is 0 Å². The number of carbonyl (C=O) groups is 1. The van der Waals surface area contributed by atoms with E-state index in [1.807, 2.05) is 7.05 Å². The first-order chi connectivity index (χ1) is 13.7. The van der Waals surface area contributed by atoms with Gasteiger partial charge >= 0.3 is 5.69 Å². The molecule has 3 fully saturated rings. The number of fused-ring (bicyclic) bond motifs is 1. The van der Waals surface area contributed by atoms with Crippen molar-refractivity contribution in [2.45, 2.75) is 43.5 Å². The Hall–Kier alpha value is -2.05. The number of hydrogen-bond donors (Lipinski definition) is 3. The number of carbonyl (C=O) groups excluding carboxylic acids is 1. The third-order valence-electron chi connectivity index (χ3n) is 6.11. The number of aromatic amines is 1. The zero-order chi connectivity index (χ0) is 20.9. The Morgan fingerprint density at radius 3 is 2.62 bits per heavy atom. The lowest BCUT2D eigenvalue weighted by Gasteiger charge is -2.34. The molecule has 11 heteroatoms. The molecule has 0 aliphatic carbocycles. The van der Waals surface area contributed by atoms with Gasteiger partial charge in [0.2, 0.25) is 0 Å². The van der Waals surface area contributed by atoms with Crippen molar-refractivity contribution in [3.8, 4) is 0 Å². The third-order valence-corrected chi connectivity index (χ3v) is 6.11. The van der Waals surface area contributed by atoms with Crippen LogP contribution in [0.3, 0.4) is 0 Å². The number of aromatic nitrogens is 2. The molecule has 5 atom stereocenters. The highest BCUT2D eigenvalue weighted by molar-refractivity contribution is 5.81. The van der Waals surface area contributed by atoms with Gasteiger partial charge in [-0.3, -0.25) is 19.1 Å². The summed E-state index contributed by atoms with van der Waals surface area (Å²) in [4.78, 5) is 42.9. The van der Waals surface area contributed by atoms with Crippen LogP contribution in [-0.2, 0) is 14.3 Å². The fourth-order valence-corrected chi connectivity index (χ4v) is 4.31. The average molecular weight is 410 g/mol. The second-order valence-corrected chi connectivity index (χ2v) is 8.05. The van der Waals surface area contributed by atoms with Crippen LogP contribution in [0.1, 0.15) is 18.2 Å². The minimum atomic E-state index is -1.63. The molecule has 0 saturated carbocycles. The standard InChI is InChI=1S/C18H26N4O7/c1-10-8-22(17(26)19-14(10)24)16-13-18(27,12(9-23)29-16)7-11(28-13)15(25)21-5-3-20(2)4-6-21/h8,11-13,16,23,27H,3-7,9H2,1-2H3,(H,19,24,26)/t11-,12-,13-,16-,18-/m1/s1. The van der Waals surface area contributed by atoms with E-state index in [4.69, 9.17) is 9.47 Å². The maximum absolute atomic E-state index is 12.9. The van der Waals surface area contributed by atoms with E-state index in [2.05, 4.69) is 9.88 Å². The number of ether oxygens (including phenoxy) is 2. The van der Waals surface area contributed by atoms with Crippen molar-refractivity contribution in [2.24, 2.45) is 0 Å². The summed E-state index contributed by atoms with van der Waals surface area (Å²) >= 11 is 0.